The first-order chi connectivity index (χ1) is 9.56. The Balaban J connectivity index is 2.79. The highest BCUT2D eigenvalue weighted by atomic mass is 16.5. The van der Waals surface area contributed by atoms with Crippen LogP contribution in [0.1, 0.15) is 51.3 Å². The molecule has 0 aromatic heterocycles. The van der Waals surface area contributed by atoms with Crippen molar-refractivity contribution in [2.24, 2.45) is 11.8 Å². The third kappa shape index (κ3) is 6.06. The Labute approximate surface area is 124 Å². The van der Waals surface area contributed by atoms with Gasteiger partial charge in [-0.3, -0.25) is 0 Å². The molecule has 0 fully saturated rings. The number of hydrogen-bond donors (Lipinski definition) is 1. The minimum atomic E-state index is 0.428. The standard InChI is InChI=1S/C18H31NO/c1-6-19-18(11-15(4)13-20-5)17-9-7-8-16(12-17)10-14(2)3/h7-9,12,14-15,18-19H,6,10-11,13H2,1-5H3. The number of benzene rings is 1. The second kappa shape index (κ2) is 9.15. The lowest BCUT2D eigenvalue weighted by molar-refractivity contribution is 0.149. The summed E-state index contributed by atoms with van der Waals surface area (Å²) in [7, 11) is 1.78. The van der Waals surface area contributed by atoms with Gasteiger partial charge in [-0.2, -0.15) is 0 Å². The van der Waals surface area contributed by atoms with Crippen LogP contribution in [0.4, 0.5) is 0 Å². The molecule has 0 aliphatic rings. The normalized spacial score (nSPS) is 14.5. The molecule has 0 aliphatic carbocycles. The summed E-state index contributed by atoms with van der Waals surface area (Å²) >= 11 is 0. The van der Waals surface area contributed by atoms with Gasteiger partial charge in [-0.1, -0.05) is 52.0 Å². The van der Waals surface area contributed by atoms with Crippen LogP contribution in [0.25, 0.3) is 0 Å². The van der Waals surface area contributed by atoms with Gasteiger partial charge in [0.25, 0.3) is 0 Å². The summed E-state index contributed by atoms with van der Waals surface area (Å²) in [6.07, 6.45) is 2.27. The molecule has 0 radical (unpaired) electrons. The molecule has 0 spiro atoms. The lowest BCUT2D eigenvalue weighted by atomic mass is 9.93. The molecule has 2 atom stereocenters. The second-order valence-corrected chi connectivity index (χ2v) is 6.25. The molecule has 1 aromatic rings. The number of rotatable bonds is 9. The van der Waals surface area contributed by atoms with Crippen LogP contribution in [0.3, 0.4) is 0 Å². The third-order valence-corrected chi connectivity index (χ3v) is 3.54. The second-order valence-electron chi connectivity index (χ2n) is 6.25. The van der Waals surface area contributed by atoms with Crippen LogP contribution in [0.15, 0.2) is 24.3 Å². The van der Waals surface area contributed by atoms with Crippen molar-refractivity contribution in [1.82, 2.24) is 5.32 Å². The number of ether oxygens (including phenoxy) is 1. The Hall–Kier alpha value is -0.860. The molecule has 2 heteroatoms. The molecular formula is C18H31NO. The van der Waals surface area contributed by atoms with Crippen LogP contribution < -0.4 is 5.32 Å². The number of nitrogens with one attached hydrogen (secondary N) is 1. The van der Waals surface area contributed by atoms with Crippen molar-refractivity contribution in [2.75, 3.05) is 20.3 Å². The van der Waals surface area contributed by atoms with Crippen LogP contribution in [0, 0.1) is 11.8 Å². The van der Waals surface area contributed by atoms with E-state index in [-0.39, 0.29) is 0 Å². The summed E-state index contributed by atoms with van der Waals surface area (Å²) in [4.78, 5) is 0. The number of hydrogen-bond acceptors (Lipinski definition) is 2. The molecule has 1 N–H and O–H groups in total. The van der Waals surface area contributed by atoms with Crippen molar-refractivity contribution >= 4 is 0 Å². The highest BCUT2D eigenvalue weighted by Crippen LogP contribution is 2.23. The predicted octanol–water partition coefficient (Wildman–Crippen LogP) is 4.21. The van der Waals surface area contributed by atoms with Gasteiger partial charge >= 0.3 is 0 Å². The van der Waals surface area contributed by atoms with Gasteiger partial charge in [0.15, 0.2) is 0 Å². The van der Waals surface area contributed by atoms with E-state index in [1.54, 1.807) is 7.11 Å². The van der Waals surface area contributed by atoms with E-state index in [9.17, 15) is 0 Å². The van der Waals surface area contributed by atoms with Gasteiger partial charge in [-0.25, -0.2) is 0 Å². The molecule has 1 rings (SSSR count). The predicted molar refractivity (Wildman–Crippen MR) is 87.1 cm³/mol. The Morgan fingerprint density at radius 3 is 2.55 bits per heavy atom. The maximum atomic E-state index is 5.27. The maximum Gasteiger partial charge on any atom is 0.0488 e. The lowest BCUT2D eigenvalue weighted by Gasteiger charge is -2.22. The smallest absolute Gasteiger partial charge is 0.0488 e. The molecule has 0 heterocycles. The van der Waals surface area contributed by atoms with Gasteiger partial charge in [0.05, 0.1) is 0 Å². The van der Waals surface area contributed by atoms with Crippen LogP contribution in [0.5, 0.6) is 0 Å². The number of methoxy groups -OCH3 is 1. The van der Waals surface area contributed by atoms with E-state index < -0.39 is 0 Å². The summed E-state index contributed by atoms with van der Waals surface area (Å²) in [5.41, 5.74) is 2.85. The summed E-state index contributed by atoms with van der Waals surface area (Å²) in [5, 5.41) is 3.61. The Morgan fingerprint density at radius 1 is 1.20 bits per heavy atom. The van der Waals surface area contributed by atoms with E-state index in [0.717, 1.165) is 26.0 Å². The first-order valence-electron chi connectivity index (χ1n) is 7.87. The van der Waals surface area contributed by atoms with E-state index in [1.165, 1.54) is 11.1 Å². The van der Waals surface area contributed by atoms with Gasteiger partial charge in [-0.05, 0) is 42.3 Å². The summed E-state index contributed by atoms with van der Waals surface area (Å²) in [5.74, 6) is 1.27. The van der Waals surface area contributed by atoms with Crippen LogP contribution in [-0.2, 0) is 11.2 Å². The SMILES string of the molecule is CCNC(CC(C)COC)c1cccc(CC(C)C)c1. The molecule has 1 aromatic carbocycles. The van der Waals surface area contributed by atoms with E-state index in [0.29, 0.717) is 17.9 Å². The summed E-state index contributed by atoms with van der Waals surface area (Å²) in [6.45, 7) is 10.8. The molecule has 0 aliphatic heterocycles. The van der Waals surface area contributed by atoms with E-state index >= 15 is 0 Å². The zero-order valence-corrected chi connectivity index (χ0v) is 13.8. The summed E-state index contributed by atoms with van der Waals surface area (Å²) in [6, 6.07) is 9.48. The van der Waals surface area contributed by atoms with Gasteiger partial charge in [0, 0.05) is 19.8 Å². The lowest BCUT2D eigenvalue weighted by Crippen LogP contribution is -2.24. The summed E-state index contributed by atoms with van der Waals surface area (Å²) < 4.78 is 5.27. The van der Waals surface area contributed by atoms with Crippen molar-refractivity contribution in [3.63, 3.8) is 0 Å². The zero-order valence-electron chi connectivity index (χ0n) is 13.8. The largest absolute Gasteiger partial charge is 0.384 e. The average molecular weight is 277 g/mol. The van der Waals surface area contributed by atoms with Crippen LogP contribution in [-0.4, -0.2) is 20.3 Å². The molecular weight excluding hydrogens is 246 g/mol. The van der Waals surface area contributed by atoms with E-state index in [2.05, 4.69) is 57.3 Å². The molecule has 114 valence electrons. The van der Waals surface area contributed by atoms with Crippen molar-refractivity contribution < 1.29 is 4.74 Å². The first kappa shape index (κ1) is 17.2. The van der Waals surface area contributed by atoms with Crippen LogP contribution in [0.2, 0.25) is 0 Å². The minimum Gasteiger partial charge on any atom is -0.384 e. The maximum absolute atomic E-state index is 5.27. The molecule has 0 saturated heterocycles. The van der Waals surface area contributed by atoms with Crippen molar-refractivity contribution in [1.29, 1.82) is 0 Å². The first-order valence-corrected chi connectivity index (χ1v) is 7.87. The molecule has 2 unspecified atom stereocenters. The third-order valence-electron chi connectivity index (χ3n) is 3.54. The van der Waals surface area contributed by atoms with E-state index in [1.807, 2.05) is 0 Å². The fraction of sp³-hybridized carbons (Fsp3) is 0.667. The van der Waals surface area contributed by atoms with E-state index in [4.69, 9.17) is 4.74 Å². The molecule has 0 saturated carbocycles. The zero-order chi connectivity index (χ0) is 15.0. The fourth-order valence-corrected chi connectivity index (χ4v) is 2.75. The fourth-order valence-electron chi connectivity index (χ4n) is 2.75. The Bertz CT molecular complexity index is 375. The Morgan fingerprint density at radius 2 is 1.95 bits per heavy atom. The highest BCUT2D eigenvalue weighted by Gasteiger charge is 2.15. The Kier molecular flexibility index (Phi) is 7.86. The van der Waals surface area contributed by atoms with Gasteiger partial charge in [0.1, 0.15) is 0 Å². The molecule has 0 bridgehead atoms. The highest BCUT2D eigenvalue weighted by molar-refractivity contribution is 5.26. The molecule has 0 amide bonds. The van der Waals surface area contributed by atoms with Crippen LogP contribution >= 0.6 is 0 Å². The minimum absolute atomic E-state index is 0.428. The van der Waals surface area contributed by atoms with Gasteiger partial charge in [-0.15, -0.1) is 0 Å². The monoisotopic (exact) mass is 277 g/mol. The van der Waals surface area contributed by atoms with Gasteiger partial charge in [0.2, 0.25) is 0 Å². The van der Waals surface area contributed by atoms with Gasteiger partial charge < -0.3 is 10.1 Å². The quantitative estimate of drug-likeness (QED) is 0.730. The average Bonchev–Trinajstić information content (AvgIpc) is 2.38. The van der Waals surface area contributed by atoms with Crippen molar-refractivity contribution in [3.8, 4) is 0 Å². The molecule has 2 nitrogen and oxygen atoms in total. The topological polar surface area (TPSA) is 21.3 Å². The van der Waals surface area contributed by atoms with Crippen molar-refractivity contribution in [3.05, 3.63) is 35.4 Å². The van der Waals surface area contributed by atoms with Crippen molar-refractivity contribution in [2.45, 2.75) is 46.6 Å². The molecule has 20 heavy (non-hydrogen) atoms.